The largest absolute Gasteiger partial charge is 0.392 e. The second-order valence-corrected chi connectivity index (χ2v) is 4.98. The molecule has 2 atom stereocenters. The van der Waals surface area contributed by atoms with E-state index in [-0.39, 0.29) is 11.5 Å². The molecule has 2 N–H and O–H groups in total. The van der Waals surface area contributed by atoms with Gasteiger partial charge in [-0.25, -0.2) is 0 Å². The average molecular weight is 169 g/mol. The molecular formula is C10H19NO. The van der Waals surface area contributed by atoms with Crippen molar-refractivity contribution in [1.82, 2.24) is 5.32 Å². The maximum atomic E-state index is 9.49. The molecule has 0 radical (unpaired) electrons. The first-order chi connectivity index (χ1) is 5.60. The van der Waals surface area contributed by atoms with Gasteiger partial charge in [0, 0.05) is 11.5 Å². The second-order valence-electron chi connectivity index (χ2n) is 4.98. The van der Waals surface area contributed by atoms with E-state index in [9.17, 15) is 5.11 Å². The molecule has 0 spiro atoms. The van der Waals surface area contributed by atoms with Crippen LogP contribution in [-0.4, -0.2) is 23.8 Å². The summed E-state index contributed by atoms with van der Waals surface area (Å²) in [7, 11) is 0. The third-order valence-corrected chi connectivity index (χ3v) is 3.57. The van der Waals surface area contributed by atoms with Crippen LogP contribution < -0.4 is 5.32 Å². The van der Waals surface area contributed by atoms with Crippen molar-refractivity contribution in [3.05, 3.63) is 0 Å². The van der Waals surface area contributed by atoms with Gasteiger partial charge < -0.3 is 10.4 Å². The van der Waals surface area contributed by atoms with Gasteiger partial charge in [0.15, 0.2) is 0 Å². The minimum Gasteiger partial charge on any atom is -0.392 e. The molecule has 2 rings (SSSR count). The van der Waals surface area contributed by atoms with Crippen LogP contribution in [0.3, 0.4) is 0 Å². The fourth-order valence-corrected chi connectivity index (χ4v) is 1.88. The summed E-state index contributed by atoms with van der Waals surface area (Å²) >= 11 is 0. The van der Waals surface area contributed by atoms with Crippen molar-refractivity contribution >= 4 is 0 Å². The summed E-state index contributed by atoms with van der Waals surface area (Å²) in [5.41, 5.74) is 0.106. The molecule has 2 aliphatic rings. The summed E-state index contributed by atoms with van der Waals surface area (Å²) in [5, 5.41) is 13.0. The smallest absolute Gasteiger partial charge is 0.0621 e. The first kappa shape index (κ1) is 8.52. The molecule has 2 nitrogen and oxygen atoms in total. The van der Waals surface area contributed by atoms with E-state index < -0.39 is 0 Å². The molecule has 12 heavy (non-hydrogen) atoms. The van der Waals surface area contributed by atoms with Crippen LogP contribution in [0, 0.1) is 11.3 Å². The van der Waals surface area contributed by atoms with Crippen LogP contribution in [0.2, 0.25) is 0 Å². The zero-order valence-corrected chi connectivity index (χ0v) is 8.01. The van der Waals surface area contributed by atoms with Crippen molar-refractivity contribution in [2.24, 2.45) is 11.3 Å². The standard InChI is InChI=1S/C10H19NO/c1-10(2)8(5-9(10)12)11-6-7-3-4-7/h7-9,11-12H,3-6H2,1-2H3. The van der Waals surface area contributed by atoms with Crippen LogP contribution >= 0.6 is 0 Å². The second kappa shape index (κ2) is 2.71. The Morgan fingerprint density at radius 2 is 2.08 bits per heavy atom. The van der Waals surface area contributed by atoms with E-state index in [0.717, 1.165) is 12.3 Å². The third-order valence-electron chi connectivity index (χ3n) is 3.57. The maximum absolute atomic E-state index is 9.49. The molecule has 0 heterocycles. The number of aliphatic hydroxyl groups is 1. The van der Waals surface area contributed by atoms with E-state index in [0.29, 0.717) is 6.04 Å². The van der Waals surface area contributed by atoms with Crippen molar-refractivity contribution < 1.29 is 5.11 Å². The highest BCUT2D eigenvalue weighted by molar-refractivity contribution is 5.02. The normalized spacial score (nSPS) is 39.2. The minimum absolute atomic E-state index is 0.0887. The summed E-state index contributed by atoms with van der Waals surface area (Å²) in [6.45, 7) is 5.46. The van der Waals surface area contributed by atoms with Crippen LogP contribution in [0.5, 0.6) is 0 Å². The minimum atomic E-state index is -0.0887. The highest BCUT2D eigenvalue weighted by Gasteiger charge is 2.47. The van der Waals surface area contributed by atoms with E-state index in [4.69, 9.17) is 0 Å². The molecule has 0 aromatic rings. The van der Waals surface area contributed by atoms with Crippen molar-refractivity contribution in [1.29, 1.82) is 0 Å². The number of aliphatic hydroxyl groups excluding tert-OH is 1. The SMILES string of the molecule is CC1(C)C(O)CC1NCC1CC1. The van der Waals surface area contributed by atoms with Crippen molar-refractivity contribution in [2.75, 3.05) is 6.54 Å². The Kier molecular flexibility index (Phi) is 1.92. The Bertz CT molecular complexity index is 175. The van der Waals surface area contributed by atoms with Gasteiger partial charge in [-0.15, -0.1) is 0 Å². The molecule has 2 fully saturated rings. The molecule has 0 saturated heterocycles. The van der Waals surface area contributed by atoms with E-state index >= 15 is 0 Å². The topological polar surface area (TPSA) is 32.3 Å². The lowest BCUT2D eigenvalue weighted by Crippen LogP contribution is -2.60. The molecule has 0 amide bonds. The molecule has 2 unspecified atom stereocenters. The molecule has 0 aromatic carbocycles. The molecule has 0 aliphatic heterocycles. The van der Waals surface area contributed by atoms with Gasteiger partial charge >= 0.3 is 0 Å². The number of hydrogen-bond acceptors (Lipinski definition) is 2. The first-order valence-electron chi connectivity index (χ1n) is 5.02. The summed E-state index contributed by atoms with van der Waals surface area (Å²) in [6, 6.07) is 0.549. The lowest BCUT2D eigenvalue weighted by Gasteiger charge is -2.49. The van der Waals surface area contributed by atoms with Gasteiger partial charge in [0.05, 0.1) is 6.10 Å². The van der Waals surface area contributed by atoms with Gasteiger partial charge in [-0.05, 0) is 31.7 Å². The molecular weight excluding hydrogens is 150 g/mol. The van der Waals surface area contributed by atoms with Gasteiger partial charge in [-0.1, -0.05) is 13.8 Å². The van der Waals surface area contributed by atoms with Gasteiger partial charge in [-0.3, -0.25) is 0 Å². The van der Waals surface area contributed by atoms with Gasteiger partial charge in [0.2, 0.25) is 0 Å². The molecule has 2 saturated carbocycles. The first-order valence-corrected chi connectivity index (χ1v) is 5.02. The van der Waals surface area contributed by atoms with Gasteiger partial charge in [0.1, 0.15) is 0 Å². The molecule has 2 aliphatic carbocycles. The summed E-state index contributed by atoms with van der Waals surface area (Å²) < 4.78 is 0. The maximum Gasteiger partial charge on any atom is 0.0621 e. The Labute approximate surface area is 74.4 Å². The quantitative estimate of drug-likeness (QED) is 0.664. The van der Waals surface area contributed by atoms with Crippen LogP contribution in [0.25, 0.3) is 0 Å². The Balaban J connectivity index is 1.74. The van der Waals surface area contributed by atoms with Crippen LogP contribution in [0.15, 0.2) is 0 Å². The van der Waals surface area contributed by atoms with Crippen molar-refractivity contribution in [3.63, 3.8) is 0 Å². The molecule has 0 aromatic heterocycles. The van der Waals surface area contributed by atoms with Crippen LogP contribution in [0.4, 0.5) is 0 Å². The fraction of sp³-hybridized carbons (Fsp3) is 1.00. The van der Waals surface area contributed by atoms with Gasteiger partial charge in [-0.2, -0.15) is 0 Å². The number of rotatable bonds is 3. The van der Waals surface area contributed by atoms with E-state index in [2.05, 4.69) is 19.2 Å². The van der Waals surface area contributed by atoms with Crippen LogP contribution in [0.1, 0.15) is 33.1 Å². The van der Waals surface area contributed by atoms with E-state index in [1.54, 1.807) is 0 Å². The van der Waals surface area contributed by atoms with E-state index in [1.807, 2.05) is 0 Å². The average Bonchev–Trinajstić information content (AvgIpc) is 2.80. The Hall–Kier alpha value is -0.0800. The highest BCUT2D eigenvalue weighted by Crippen LogP contribution is 2.41. The Morgan fingerprint density at radius 1 is 1.42 bits per heavy atom. The zero-order chi connectivity index (χ0) is 8.77. The molecule has 0 bridgehead atoms. The fourth-order valence-electron chi connectivity index (χ4n) is 1.88. The highest BCUT2D eigenvalue weighted by atomic mass is 16.3. The predicted molar refractivity (Wildman–Crippen MR) is 48.9 cm³/mol. The van der Waals surface area contributed by atoms with E-state index in [1.165, 1.54) is 19.4 Å². The van der Waals surface area contributed by atoms with Gasteiger partial charge in [0.25, 0.3) is 0 Å². The third kappa shape index (κ3) is 1.38. The lowest BCUT2D eigenvalue weighted by atomic mass is 9.64. The van der Waals surface area contributed by atoms with Crippen molar-refractivity contribution in [2.45, 2.75) is 45.3 Å². The number of nitrogens with one attached hydrogen (secondary N) is 1. The number of hydrogen-bond donors (Lipinski definition) is 2. The summed E-state index contributed by atoms with van der Waals surface area (Å²) in [5.74, 6) is 0.943. The Morgan fingerprint density at radius 3 is 2.50 bits per heavy atom. The monoisotopic (exact) mass is 169 g/mol. The lowest BCUT2D eigenvalue weighted by molar-refractivity contribution is -0.0725. The summed E-state index contributed by atoms with van der Waals surface area (Å²) in [6.07, 6.45) is 3.67. The molecule has 2 heteroatoms. The molecule has 70 valence electrons. The van der Waals surface area contributed by atoms with Crippen molar-refractivity contribution in [3.8, 4) is 0 Å². The summed E-state index contributed by atoms with van der Waals surface area (Å²) in [4.78, 5) is 0. The zero-order valence-electron chi connectivity index (χ0n) is 8.01. The van der Waals surface area contributed by atoms with Crippen LogP contribution in [-0.2, 0) is 0 Å². The predicted octanol–water partition coefficient (Wildman–Crippen LogP) is 1.15.